The van der Waals surface area contributed by atoms with Gasteiger partial charge in [-0.2, -0.15) is 0 Å². The average molecular weight is 412 g/mol. The third-order valence-corrected chi connectivity index (χ3v) is 5.11. The standard InChI is InChI=1S/C23H22ClNO4/c1-14-9-16-11-19(12-25-23(26)21-8-7-18(28-21)13-27-2)29-22(16)20(10-14)15-3-5-17(24)6-4-15/h3-10,19H,11-13H2,1-2H3,(H,25,26)/t19-/m1/s1. The molecule has 0 bridgehead atoms. The Kier molecular flexibility index (Phi) is 5.60. The van der Waals surface area contributed by atoms with Crippen LogP contribution in [0, 0.1) is 6.92 Å². The summed E-state index contributed by atoms with van der Waals surface area (Å²) in [7, 11) is 1.58. The maximum atomic E-state index is 12.4. The number of fused-ring (bicyclic) bond motifs is 1. The van der Waals surface area contributed by atoms with Gasteiger partial charge < -0.3 is 19.2 Å². The van der Waals surface area contributed by atoms with E-state index >= 15 is 0 Å². The van der Waals surface area contributed by atoms with E-state index < -0.39 is 0 Å². The SMILES string of the molecule is COCc1ccc(C(=O)NC[C@H]2Cc3cc(C)cc(-c4ccc(Cl)cc4)c3O2)o1. The minimum absolute atomic E-state index is 0.129. The molecule has 5 nitrogen and oxygen atoms in total. The molecule has 1 aromatic heterocycles. The Morgan fingerprint density at radius 2 is 2.00 bits per heavy atom. The van der Waals surface area contributed by atoms with Crippen molar-refractivity contribution in [3.63, 3.8) is 0 Å². The molecule has 0 unspecified atom stereocenters. The van der Waals surface area contributed by atoms with Crippen LogP contribution < -0.4 is 10.1 Å². The number of halogens is 1. The number of rotatable bonds is 6. The molecule has 6 heteroatoms. The van der Waals surface area contributed by atoms with Crippen molar-refractivity contribution in [3.8, 4) is 16.9 Å². The predicted octanol–water partition coefficient (Wildman–Crippen LogP) is 4.79. The fourth-order valence-electron chi connectivity index (χ4n) is 3.56. The van der Waals surface area contributed by atoms with Gasteiger partial charge in [0.2, 0.25) is 0 Å². The number of aryl methyl sites for hydroxylation is 1. The van der Waals surface area contributed by atoms with Gasteiger partial charge in [0.05, 0.1) is 6.54 Å². The zero-order chi connectivity index (χ0) is 20.4. The minimum atomic E-state index is -0.263. The van der Waals surface area contributed by atoms with E-state index in [1.807, 2.05) is 24.3 Å². The number of amides is 1. The minimum Gasteiger partial charge on any atom is -0.487 e. The van der Waals surface area contributed by atoms with Gasteiger partial charge in [-0.1, -0.05) is 29.8 Å². The number of benzene rings is 2. The Morgan fingerprint density at radius 1 is 1.21 bits per heavy atom. The Labute approximate surface area is 174 Å². The number of hydrogen-bond acceptors (Lipinski definition) is 4. The van der Waals surface area contributed by atoms with Gasteiger partial charge in [0.15, 0.2) is 5.76 Å². The lowest BCUT2D eigenvalue weighted by Crippen LogP contribution is -2.34. The number of hydrogen-bond donors (Lipinski definition) is 1. The lowest BCUT2D eigenvalue weighted by Gasteiger charge is -2.14. The maximum absolute atomic E-state index is 12.4. The second-order valence-electron chi connectivity index (χ2n) is 7.16. The molecule has 1 N–H and O–H groups in total. The highest BCUT2D eigenvalue weighted by atomic mass is 35.5. The van der Waals surface area contributed by atoms with Gasteiger partial charge in [-0.25, -0.2) is 0 Å². The Balaban J connectivity index is 1.45. The molecule has 4 rings (SSSR count). The van der Waals surface area contributed by atoms with Crippen LogP contribution in [-0.2, 0) is 17.8 Å². The van der Waals surface area contributed by atoms with E-state index in [0.29, 0.717) is 23.9 Å². The van der Waals surface area contributed by atoms with E-state index in [0.717, 1.165) is 28.9 Å². The molecule has 0 aliphatic carbocycles. The van der Waals surface area contributed by atoms with Crippen LogP contribution >= 0.6 is 11.6 Å². The summed E-state index contributed by atoms with van der Waals surface area (Å²) in [4.78, 5) is 12.4. The molecule has 0 spiro atoms. The van der Waals surface area contributed by atoms with Crippen molar-refractivity contribution < 1.29 is 18.7 Å². The molecule has 150 valence electrons. The monoisotopic (exact) mass is 411 g/mol. The zero-order valence-corrected chi connectivity index (χ0v) is 17.1. The second kappa shape index (κ2) is 8.31. The number of methoxy groups -OCH3 is 1. The summed E-state index contributed by atoms with van der Waals surface area (Å²) >= 11 is 6.03. The molecular weight excluding hydrogens is 390 g/mol. The molecule has 0 radical (unpaired) electrons. The summed E-state index contributed by atoms with van der Waals surface area (Å²) in [5.74, 6) is 1.49. The van der Waals surface area contributed by atoms with Gasteiger partial charge in [-0.15, -0.1) is 0 Å². The van der Waals surface area contributed by atoms with E-state index in [-0.39, 0.29) is 17.8 Å². The first-order valence-corrected chi connectivity index (χ1v) is 9.83. The molecular formula is C23H22ClNO4. The van der Waals surface area contributed by atoms with Gasteiger partial charge in [-0.3, -0.25) is 4.79 Å². The van der Waals surface area contributed by atoms with Crippen LogP contribution in [0.5, 0.6) is 5.75 Å². The summed E-state index contributed by atoms with van der Waals surface area (Å²) in [5, 5.41) is 3.60. The second-order valence-corrected chi connectivity index (χ2v) is 7.60. The van der Waals surface area contributed by atoms with Crippen molar-refractivity contribution in [2.24, 2.45) is 0 Å². The molecule has 1 aliphatic heterocycles. The third kappa shape index (κ3) is 4.31. The van der Waals surface area contributed by atoms with E-state index in [2.05, 4.69) is 24.4 Å². The van der Waals surface area contributed by atoms with Crippen LogP contribution in [0.4, 0.5) is 0 Å². The van der Waals surface area contributed by atoms with Gasteiger partial charge >= 0.3 is 0 Å². The molecule has 0 saturated carbocycles. The van der Waals surface area contributed by atoms with Crippen molar-refractivity contribution in [3.05, 3.63) is 76.2 Å². The van der Waals surface area contributed by atoms with Crippen LogP contribution in [0.25, 0.3) is 11.1 Å². The zero-order valence-electron chi connectivity index (χ0n) is 16.3. The summed E-state index contributed by atoms with van der Waals surface area (Å²) in [6.45, 7) is 2.80. The quantitative estimate of drug-likeness (QED) is 0.633. The summed E-state index contributed by atoms with van der Waals surface area (Å²) in [6, 6.07) is 15.4. The molecule has 1 aliphatic rings. The Morgan fingerprint density at radius 3 is 2.76 bits per heavy atom. The van der Waals surface area contributed by atoms with Crippen molar-refractivity contribution in [1.82, 2.24) is 5.32 Å². The summed E-state index contributed by atoms with van der Waals surface area (Å²) < 4.78 is 16.7. The first-order chi connectivity index (χ1) is 14.0. The topological polar surface area (TPSA) is 60.7 Å². The van der Waals surface area contributed by atoms with E-state index in [4.69, 9.17) is 25.5 Å². The fourth-order valence-corrected chi connectivity index (χ4v) is 3.69. The lowest BCUT2D eigenvalue weighted by molar-refractivity contribution is 0.0897. The Bertz CT molecular complexity index is 1030. The van der Waals surface area contributed by atoms with Crippen LogP contribution in [-0.4, -0.2) is 25.7 Å². The van der Waals surface area contributed by atoms with Gasteiger partial charge in [0.25, 0.3) is 5.91 Å². The summed E-state index contributed by atoms with van der Waals surface area (Å²) in [5.41, 5.74) is 4.42. The number of ether oxygens (including phenoxy) is 2. The molecule has 0 saturated heterocycles. The predicted molar refractivity (Wildman–Crippen MR) is 111 cm³/mol. The van der Waals surface area contributed by atoms with E-state index in [1.54, 1.807) is 19.2 Å². The van der Waals surface area contributed by atoms with Crippen LogP contribution in [0.2, 0.25) is 5.02 Å². The van der Waals surface area contributed by atoms with Gasteiger partial charge in [0.1, 0.15) is 24.2 Å². The summed E-state index contributed by atoms with van der Waals surface area (Å²) in [6.07, 6.45) is 0.612. The van der Waals surface area contributed by atoms with Crippen molar-refractivity contribution in [1.29, 1.82) is 0 Å². The van der Waals surface area contributed by atoms with Crippen molar-refractivity contribution in [2.45, 2.75) is 26.1 Å². The van der Waals surface area contributed by atoms with Crippen LogP contribution in [0.15, 0.2) is 52.9 Å². The lowest BCUT2D eigenvalue weighted by atomic mass is 9.98. The van der Waals surface area contributed by atoms with E-state index in [1.165, 1.54) is 5.56 Å². The van der Waals surface area contributed by atoms with Crippen molar-refractivity contribution in [2.75, 3.05) is 13.7 Å². The number of carbonyl (C=O) groups is 1. The Hall–Kier alpha value is -2.76. The molecule has 1 atom stereocenters. The highest BCUT2D eigenvalue weighted by molar-refractivity contribution is 6.30. The van der Waals surface area contributed by atoms with Gasteiger partial charge in [0, 0.05) is 24.1 Å². The normalized spacial score (nSPS) is 15.1. The fraction of sp³-hybridized carbons (Fsp3) is 0.261. The number of carbonyl (C=O) groups excluding carboxylic acids is 1. The first-order valence-electron chi connectivity index (χ1n) is 9.45. The first kappa shape index (κ1) is 19.6. The molecule has 1 amide bonds. The third-order valence-electron chi connectivity index (χ3n) is 4.86. The van der Waals surface area contributed by atoms with E-state index in [9.17, 15) is 4.79 Å². The molecule has 0 fully saturated rings. The maximum Gasteiger partial charge on any atom is 0.287 e. The number of furan rings is 1. The van der Waals surface area contributed by atoms with Crippen LogP contribution in [0.1, 0.15) is 27.4 Å². The molecule has 3 aromatic rings. The van der Waals surface area contributed by atoms with Crippen LogP contribution in [0.3, 0.4) is 0 Å². The number of nitrogens with one attached hydrogen (secondary N) is 1. The molecule has 29 heavy (non-hydrogen) atoms. The average Bonchev–Trinajstić information content (AvgIpc) is 3.33. The largest absolute Gasteiger partial charge is 0.487 e. The van der Waals surface area contributed by atoms with Gasteiger partial charge in [-0.05, 0) is 53.9 Å². The highest BCUT2D eigenvalue weighted by Crippen LogP contribution is 2.40. The molecule has 2 heterocycles. The smallest absolute Gasteiger partial charge is 0.287 e. The highest BCUT2D eigenvalue weighted by Gasteiger charge is 2.27. The van der Waals surface area contributed by atoms with Crippen molar-refractivity contribution >= 4 is 17.5 Å². The molecule has 2 aromatic carbocycles.